The number of nitrogens with zero attached hydrogens (tertiary/aromatic N) is 4. The lowest BCUT2D eigenvalue weighted by atomic mass is 10.3. The summed E-state index contributed by atoms with van der Waals surface area (Å²) in [6, 6.07) is 0. The Morgan fingerprint density at radius 3 is 2.19 bits per heavy atom. The minimum Gasteiger partial charge on any atom is -0.357 e. The van der Waals surface area contributed by atoms with Crippen LogP contribution < -0.4 is 5.32 Å². The molecule has 7 nitrogen and oxygen atoms in total. The Morgan fingerprint density at radius 2 is 1.71 bits per heavy atom. The fraction of sp³-hybridized carbons (Fsp3) is 0.786. The number of rotatable bonds is 4. The molecule has 0 spiro atoms. The van der Waals surface area contributed by atoms with Crippen molar-refractivity contribution >= 4 is 17.8 Å². The van der Waals surface area contributed by atoms with E-state index in [1.807, 2.05) is 11.8 Å². The van der Waals surface area contributed by atoms with Crippen molar-refractivity contribution < 1.29 is 9.59 Å². The third kappa shape index (κ3) is 5.61. The minimum absolute atomic E-state index is 0.0796. The van der Waals surface area contributed by atoms with Crippen LogP contribution in [-0.2, 0) is 9.59 Å². The van der Waals surface area contributed by atoms with Crippen LogP contribution in [-0.4, -0.2) is 85.8 Å². The average Bonchev–Trinajstić information content (AvgIpc) is 2.46. The highest BCUT2D eigenvalue weighted by atomic mass is 16.2. The maximum Gasteiger partial charge on any atom is 0.223 e. The summed E-state index contributed by atoms with van der Waals surface area (Å²) in [4.78, 5) is 33.0. The molecule has 0 bridgehead atoms. The van der Waals surface area contributed by atoms with Crippen LogP contribution in [0, 0.1) is 0 Å². The molecule has 0 atom stereocenters. The van der Waals surface area contributed by atoms with Crippen LogP contribution in [0.3, 0.4) is 0 Å². The van der Waals surface area contributed by atoms with Crippen molar-refractivity contribution in [3.63, 3.8) is 0 Å². The van der Waals surface area contributed by atoms with Gasteiger partial charge in [0.25, 0.3) is 0 Å². The van der Waals surface area contributed by atoms with Crippen molar-refractivity contribution in [3.05, 3.63) is 0 Å². The van der Waals surface area contributed by atoms with E-state index in [4.69, 9.17) is 0 Å². The predicted octanol–water partition coefficient (Wildman–Crippen LogP) is -0.406. The van der Waals surface area contributed by atoms with Gasteiger partial charge in [0.15, 0.2) is 5.96 Å². The molecular formula is C14H27N5O2. The third-order valence-electron chi connectivity index (χ3n) is 3.45. The number of guanidine groups is 1. The lowest BCUT2D eigenvalue weighted by Crippen LogP contribution is -2.53. The molecule has 0 aromatic rings. The Kier molecular flexibility index (Phi) is 6.98. The summed E-state index contributed by atoms with van der Waals surface area (Å²) in [5.74, 6) is 1.02. The lowest BCUT2D eigenvalue weighted by molar-refractivity contribution is -0.130. The van der Waals surface area contributed by atoms with E-state index in [-0.39, 0.29) is 11.8 Å². The van der Waals surface area contributed by atoms with Crippen LogP contribution >= 0.6 is 0 Å². The number of amides is 2. The monoisotopic (exact) mass is 297 g/mol. The van der Waals surface area contributed by atoms with Crippen molar-refractivity contribution in [1.29, 1.82) is 0 Å². The Hall–Kier alpha value is -1.79. The number of hydrogen-bond donors (Lipinski definition) is 1. The van der Waals surface area contributed by atoms with Gasteiger partial charge in [-0.15, -0.1) is 0 Å². The predicted molar refractivity (Wildman–Crippen MR) is 83.1 cm³/mol. The number of piperazine rings is 1. The molecule has 0 aromatic heterocycles. The molecule has 1 N–H and O–H groups in total. The molecule has 7 heteroatoms. The van der Waals surface area contributed by atoms with Gasteiger partial charge in [-0.2, -0.15) is 0 Å². The Bertz CT molecular complexity index is 387. The second-order valence-corrected chi connectivity index (χ2v) is 5.27. The molecule has 0 unspecified atom stereocenters. The summed E-state index contributed by atoms with van der Waals surface area (Å²) in [6.45, 7) is 7.86. The highest BCUT2D eigenvalue weighted by molar-refractivity contribution is 5.81. The van der Waals surface area contributed by atoms with Gasteiger partial charge in [-0.3, -0.25) is 14.6 Å². The van der Waals surface area contributed by atoms with E-state index in [2.05, 4.69) is 15.2 Å². The summed E-state index contributed by atoms with van der Waals surface area (Å²) in [5, 5.41) is 3.25. The summed E-state index contributed by atoms with van der Waals surface area (Å²) < 4.78 is 0. The van der Waals surface area contributed by atoms with Crippen LogP contribution in [0.1, 0.15) is 20.3 Å². The van der Waals surface area contributed by atoms with Gasteiger partial charge >= 0.3 is 0 Å². The van der Waals surface area contributed by atoms with Gasteiger partial charge < -0.3 is 20.0 Å². The summed E-state index contributed by atoms with van der Waals surface area (Å²) >= 11 is 0. The number of carbonyl (C=O) groups is 2. The lowest BCUT2D eigenvalue weighted by Gasteiger charge is -2.36. The zero-order chi connectivity index (χ0) is 15.8. The maximum atomic E-state index is 11.6. The van der Waals surface area contributed by atoms with Gasteiger partial charge in [0, 0.05) is 60.2 Å². The molecule has 1 saturated heterocycles. The molecule has 1 heterocycles. The first-order valence-corrected chi connectivity index (χ1v) is 7.44. The topological polar surface area (TPSA) is 68.2 Å². The molecule has 1 fully saturated rings. The maximum absolute atomic E-state index is 11.6. The summed E-state index contributed by atoms with van der Waals surface area (Å²) in [6.07, 6.45) is 0.412. The molecule has 1 aliphatic rings. The Balaban J connectivity index is 2.53. The van der Waals surface area contributed by atoms with Crippen molar-refractivity contribution in [1.82, 2.24) is 20.0 Å². The largest absolute Gasteiger partial charge is 0.357 e. The molecule has 1 rings (SSSR count). The van der Waals surface area contributed by atoms with E-state index < -0.39 is 0 Å². The first kappa shape index (κ1) is 17.3. The molecule has 21 heavy (non-hydrogen) atoms. The zero-order valence-corrected chi connectivity index (χ0v) is 13.6. The molecule has 2 amide bonds. The second-order valence-electron chi connectivity index (χ2n) is 5.27. The molecule has 0 aliphatic carbocycles. The normalized spacial score (nSPS) is 15.9. The van der Waals surface area contributed by atoms with Crippen molar-refractivity contribution in [2.24, 2.45) is 4.99 Å². The van der Waals surface area contributed by atoms with Gasteiger partial charge in [-0.25, -0.2) is 0 Å². The van der Waals surface area contributed by atoms with E-state index >= 15 is 0 Å². The van der Waals surface area contributed by atoms with Gasteiger partial charge in [0.05, 0.1) is 6.54 Å². The van der Waals surface area contributed by atoms with E-state index in [0.717, 1.165) is 38.7 Å². The van der Waals surface area contributed by atoms with Gasteiger partial charge in [0.2, 0.25) is 11.8 Å². The highest BCUT2D eigenvalue weighted by Crippen LogP contribution is 2.03. The van der Waals surface area contributed by atoms with Gasteiger partial charge in [0.1, 0.15) is 0 Å². The summed E-state index contributed by atoms with van der Waals surface area (Å²) in [5.41, 5.74) is 0. The Labute approximate surface area is 127 Å². The molecule has 0 radical (unpaired) electrons. The third-order valence-corrected chi connectivity index (χ3v) is 3.45. The van der Waals surface area contributed by atoms with E-state index in [0.29, 0.717) is 13.0 Å². The van der Waals surface area contributed by atoms with Crippen molar-refractivity contribution in [2.45, 2.75) is 20.3 Å². The van der Waals surface area contributed by atoms with Gasteiger partial charge in [-0.1, -0.05) is 0 Å². The Morgan fingerprint density at radius 1 is 1.14 bits per heavy atom. The fourth-order valence-corrected chi connectivity index (χ4v) is 2.14. The van der Waals surface area contributed by atoms with E-state index in [1.165, 1.54) is 0 Å². The molecule has 0 aromatic carbocycles. The van der Waals surface area contributed by atoms with Crippen LogP contribution in [0.15, 0.2) is 4.99 Å². The first-order valence-electron chi connectivity index (χ1n) is 7.44. The van der Waals surface area contributed by atoms with Crippen LogP contribution in [0.25, 0.3) is 0 Å². The summed E-state index contributed by atoms with van der Waals surface area (Å²) in [7, 11) is 3.50. The van der Waals surface area contributed by atoms with Crippen LogP contribution in [0.5, 0.6) is 0 Å². The minimum atomic E-state index is 0.0796. The number of hydrogen-bond acceptors (Lipinski definition) is 3. The molecular weight excluding hydrogens is 270 g/mol. The number of aliphatic imine (C=N–C) groups is 1. The standard InChI is InChI=1S/C14H27N5O2/c1-5-15-14(16-7-6-13(21)17(3)4)19-10-8-18(9-11-19)12(2)20/h5-11H2,1-4H3,(H,15,16). The zero-order valence-electron chi connectivity index (χ0n) is 13.6. The number of nitrogens with one attached hydrogen (secondary N) is 1. The molecule has 0 saturated carbocycles. The smallest absolute Gasteiger partial charge is 0.223 e. The van der Waals surface area contributed by atoms with Crippen molar-refractivity contribution in [2.75, 3.05) is 53.4 Å². The molecule has 120 valence electrons. The van der Waals surface area contributed by atoms with E-state index in [1.54, 1.807) is 25.9 Å². The van der Waals surface area contributed by atoms with E-state index in [9.17, 15) is 9.59 Å². The van der Waals surface area contributed by atoms with Gasteiger partial charge in [-0.05, 0) is 6.92 Å². The first-order chi connectivity index (χ1) is 9.95. The van der Waals surface area contributed by atoms with Crippen molar-refractivity contribution in [3.8, 4) is 0 Å². The van der Waals surface area contributed by atoms with Crippen LogP contribution in [0.2, 0.25) is 0 Å². The quantitative estimate of drug-likeness (QED) is 0.566. The SMILES string of the molecule is CCNC(=NCCC(=O)N(C)C)N1CCN(C(C)=O)CC1. The fourth-order valence-electron chi connectivity index (χ4n) is 2.14. The second kappa shape index (κ2) is 8.49. The highest BCUT2D eigenvalue weighted by Gasteiger charge is 2.20. The average molecular weight is 297 g/mol. The molecule has 1 aliphatic heterocycles. The van der Waals surface area contributed by atoms with Crippen LogP contribution in [0.4, 0.5) is 0 Å². The number of carbonyl (C=O) groups excluding carboxylic acids is 2.